The van der Waals surface area contributed by atoms with Crippen LogP contribution in [0.3, 0.4) is 0 Å². The highest BCUT2D eigenvalue weighted by Crippen LogP contribution is 2.29. The molecule has 1 N–H and O–H groups in total. The van der Waals surface area contributed by atoms with Crippen molar-refractivity contribution in [1.29, 1.82) is 0 Å². The quantitative estimate of drug-likeness (QED) is 0.845. The number of nitrogens with one attached hydrogen (secondary N) is 1. The molecule has 0 saturated carbocycles. The molecule has 0 bridgehead atoms. The predicted molar refractivity (Wildman–Crippen MR) is 83.8 cm³/mol. The van der Waals surface area contributed by atoms with E-state index in [1.54, 1.807) is 0 Å². The number of anilines is 1. The highest BCUT2D eigenvalue weighted by Gasteiger charge is 2.27. The number of carbonyl (C=O) groups is 1. The molecular weight excluding hydrogens is 262 g/mol. The van der Waals surface area contributed by atoms with Crippen LogP contribution in [0.4, 0.5) is 5.69 Å². The molecule has 1 aromatic carbocycles. The average Bonchev–Trinajstić information content (AvgIpc) is 2.49. The summed E-state index contributed by atoms with van der Waals surface area (Å²) in [6, 6.07) is 9.64. The fourth-order valence-corrected chi connectivity index (χ4v) is 2.94. The summed E-state index contributed by atoms with van der Waals surface area (Å²) in [6.07, 6.45) is 10.2. The second kappa shape index (κ2) is 6.72. The van der Waals surface area contributed by atoms with Crippen molar-refractivity contribution in [2.45, 2.75) is 44.6 Å². The van der Waals surface area contributed by atoms with Crippen molar-refractivity contribution in [3.05, 3.63) is 53.6 Å². The zero-order valence-electron chi connectivity index (χ0n) is 12.2. The molecule has 0 amide bonds. The lowest BCUT2D eigenvalue weighted by atomic mass is 9.86. The van der Waals surface area contributed by atoms with Crippen LogP contribution in [0, 0.1) is 0 Å². The fourth-order valence-electron chi connectivity index (χ4n) is 2.94. The number of carbonyl (C=O) groups excluding carboxylic acids is 1. The second-order valence-corrected chi connectivity index (χ2v) is 5.65. The van der Waals surface area contributed by atoms with Crippen molar-refractivity contribution in [3.8, 4) is 0 Å². The van der Waals surface area contributed by atoms with Crippen LogP contribution in [-0.2, 0) is 9.63 Å². The summed E-state index contributed by atoms with van der Waals surface area (Å²) < 4.78 is 0. The molecule has 0 spiro atoms. The molecule has 0 radical (unpaired) electrons. The van der Waals surface area contributed by atoms with Gasteiger partial charge in [-0.15, -0.1) is 0 Å². The molecule has 0 aromatic heterocycles. The summed E-state index contributed by atoms with van der Waals surface area (Å²) in [5.74, 6) is 0.123. The van der Waals surface area contributed by atoms with E-state index in [2.05, 4.69) is 11.6 Å². The first-order valence-electron chi connectivity index (χ1n) is 7.76. The number of ketones is 1. The zero-order chi connectivity index (χ0) is 14.5. The molecule has 2 aliphatic carbocycles. The smallest absolute Gasteiger partial charge is 0.194 e. The number of hydrogen-bond acceptors (Lipinski definition) is 3. The largest absolute Gasteiger partial charge is 0.291 e. The second-order valence-electron chi connectivity index (χ2n) is 5.65. The normalized spacial score (nSPS) is 22.5. The fraction of sp³-hybridized carbons (Fsp3) is 0.389. The molecule has 1 aromatic rings. The van der Waals surface area contributed by atoms with Crippen LogP contribution in [0.5, 0.6) is 0 Å². The number of Topliss-reactive ketones (excluding diaryl/α,β-unsaturated/α-hetero) is 1. The molecule has 1 unspecified atom stereocenters. The first-order chi connectivity index (χ1) is 10.3. The Labute approximate surface area is 125 Å². The molecule has 1 atom stereocenters. The average molecular weight is 283 g/mol. The van der Waals surface area contributed by atoms with Gasteiger partial charge in [0.25, 0.3) is 0 Å². The summed E-state index contributed by atoms with van der Waals surface area (Å²) in [7, 11) is 0. The maximum atomic E-state index is 12.6. The maximum Gasteiger partial charge on any atom is 0.194 e. The molecule has 0 heterocycles. The molecular formula is C18H21NO2. The van der Waals surface area contributed by atoms with Crippen LogP contribution >= 0.6 is 0 Å². The lowest BCUT2D eigenvalue weighted by Crippen LogP contribution is -2.29. The Morgan fingerprint density at radius 3 is 2.57 bits per heavy atom. The van der Waals surface area contributed by atoms with Crippen molar-refractivity contribution in [2.24, 2.45) is 0 Å². The van der Waals surface area contributed by atoms with Gasteiger partial charge in [0.1, 0.15) is 0 Å². The summed E-state index contributed by atoms with van der Waals surface area (Å²) >= 11 is 0. The Hall–Kier alpha value is -1.87. The van der Waals surface area contributed by atoms with E-state index in [-0.39, 0.29) is 5.78 Å². The van der Waals surface area contributed by atoms with Gasteiger partial charge in [0, 0.05) is 5.57 Å². The van der Waals surface area contributed by atoms with Gasteiger partial charge in [-0.1, -0.05) is 37.1 Å². The van der Waals surface area contributed by atoms with Crippen LogP contribution in [0.25, 0.3) is 0 Å². The predicted octanol–water partition coefficient (Wildman–Crippen LogP) is 4.19. The van der Waals surface area contributed by atoms with E-state index in [0.29, 0.717) is 0 Å². The van der Waals surface area contributed by atoms with Gasteiger partial charge < -0.3 is 0 Å². The zero-order valence-corrected chi connectivity index (χ0v) is 12.2. The highest BCUT2D eigenvalue weighted by atomic mass is 16.7. The van der Waals surface area contributed by atoms with Gasteiger partial charge >= 0.3 is 0 Å². The van der Waals surface area contributed by atoms with Crippen LogP contribution in [-0.4, -0.2) is 11.9 Å². The molecule has 110 valence electrons. The third-order valence-electron chi connectivity index (χ3n) is 4.12. The van der Waals surface area contributed by atoms with E-state index >= 15 is 0 Å². The Morgan fingerprint density at radius 2 is 1.76 bits per heavy atom. The van der Waals surface area contributed by atoms with Gasteiger partial charge in [-0.2, -0.15) is 0 Å². The summed E-state index contributed by atoms with van der Waals surface area (Å²) in [4.78, 5) is 18.2. The lowest BCUT2D eigenvalue weighted by molar-refractivity contribution is -0.123. The third kappa shape index (κ3) is 3.42. The molecule has 0 fully saturated rings. The minimum absolute atomic E-state index is 0.123. The van der Waals surface area contributed by atoms with E-state index in [4.69, 9.17) is 4.84 Å². The molecule has 3 rings (SSSR count). The van der Waals surface area contributed by atoms with Crippen molar-refractivity contribution in [3.63, 3.8) is 0 Å². The van der Waals surface area contributed by atoms with E-state index in [0.717, 1.165) is 30.5 Å². The molecule has 3 heteroatoms. The van der Waals surface area contributed by atoms with E-state index in [1.807, 2.05) is 36.4 Å². The third-order valence-corrected chi connectivity index (χ3v) is 4.12. The molecule has 21 heavy (non-hydrogen) atoms. The monoisotopic (exact) mass is 283 g/mol. The maximum absolute atomic E-state index is 12.6. The van der Waals surface area contributed by atoms with Gasteiger partial charge in [0.05, 0.1) is 5.69 Å². The summed E-state index contributed by atoms with van der Waals surface area (Å²) in [5, 5.41) is 0. The number of para-hydroxylation sites is 1. The summed E-state index contributed by atoms with van der Waals surface area (Å²) in [6.45, 7) is 0. The van der Waals surface area contributed by atoms with Gasteiger partial charge in [-0.3, -0.25) is 15.1 Å². The Morgan fingerprint density at radius 1 is 1.00 bits per heavy atom. The number of rotatable bonds is 3. The molecule has 3 nitrogen and oxygen atoms in total. The van der Waals surface area contributed by atoms with Crippen molar-refractivity contribution in [2.75, 3.05) is 5.48 Å². The van der Waals surface area contributed by atoms with E-state index in [1.165, 1.54) is 24.8 Å². The molecule has 0 aliphatic heterocycles. The topological polar surface area (TPSA) is 38.3 Å². The number of hydrogen-bond donors (Lipinski definition) is 1. The Balaban J connectivity index is 1.66. The summed E-state index contributed by atoms with van der Waals surface area (Å²) in [5.41, 5.74) is 5.94. The number of benzene rings is 1. The van der Waals surface area contributed by atoms with Gasteiger partial charge in [-0.05, 0) is 49.5 Å². The van der Waals surface area contributed by atoms with Crippen LogP contribution in [0.1, 0.15) is 38.5 Å². The van der Waals surface area contributed by atoms with Crippen LogP contribution in [0.15, 0.2) is 53.6 Å². The minimum atomic E-state index is -0.511. The Kier molecular flexibility index (Phi) is 4.51. The Bertz CT molecular complexity index is 560. The van der Waals surface area contributed by atoms with Crippen molar-refractivity contribution >= 4 is 11.5 Å². The molecule has 2 aliphatic rings. The molecule has 0 saturated heterocycles. The van der Waals surface area contributed by atoms with Crippen molar-refractivity contribution in [1.82, 2.24) is 0 Å². The van der Waals surface area contributed by atoms with Gasteiger partial charge in [0.2, 0.25) is 0 Å². The first kappa shape index (κ1) is 14.1. The van der Waals surface area contributed by atoms with Crippen LogP contribution in [0.2, 0.25) is 0 Å². The van der Waals surface area contributed by atoms with Gasteiger partial charge in [-0.25, -0.2) is 0 Å². The van der Waals surface area contributed by atoms with Crippen LogP contribution < -0.4 is 5.48 Å². The highest BCUT2D eigenvalue weighted by molar-refractivity contribution is 6.02. The lowest BCUT2D eigenvalue weighted by Gasteiger charge is -2.23. The minimum Gasteiger partial charge on any atom is -0.291 e. The number of allylic oxidation sites excluding steroid dienone is 2. The first-order valence-corrected chi connectivity index (χ1v) is 7.76. The van der Waals surface area contributed by atoms with Crippen molar-refractivity contribution < 1.29 is 9.63 Å². The van der Waals surface area contributed by atoms with E-state index < -0.39 is 6.10 Å². The SMILES string of the molecule is O=C1C2=C(C=CC1ONc1ccccc1)CCCCCC2. The van der Waals surface area contributed by atoms with Gasteiger partial charge in [0.15, 0.2) is 11.9 Å². The van der Waals surface area contributed by atoms with E-state index in [9.17, 15) is 4.79 Å². The standard InChI is InChI=1S/C18H21NO2/c20-18-16-11-7-2-1-4-8-14(16)12-13-17(18)21-19-15-9-5-3-6-10-15/h3,5-6,9-10,12-13,17,19H,1-2,4,7-8,11H2.